The van der Waals surface area contributed by atoms with Crippen molar-refractivity contribution < 1.29 is 18.1 Å². The third-order valence-electron chi connectivity index (χ3n) is 2.55. The predicted molar refractivity (Wildman–Crippen MR) is 64.9 cm³/mol. The largest absolute Gasteiger partial charge is 0.355 e. The Balaban J connectivity index is 2.15. The summed E-state index contributed by atoms with van der Waals surface area (Å²) in [4.78, 5) is 12.7. The zero-order valence-corrected chi connectivity index (χ0v) is 10.2. The molecule has 1 heterocycles. The summed E-state index contributed by atoms with van der Waals surface area (Å²) in [5, 5.41) is 3.61. The molecule has 0 N–H and O–H groups in total. The summed E-state index contributed by atoms with van der Waals surface area (Å²) in [7, 11) is 1.30. The van der Waals surface area contributed by atoms with Gasteiger partial charge in [0, 0.05) is 18.7 Å². The van der Waals surface area contributed by atoms with Crippen molar-refractivity contribution in [2.75, 3.05) is 13.6 Å². The molecule has 0 saturated heterocycles. The lowest BCUT2D eigenvalue weighted by molar-refractivity contribution is 0.0611. The third-order valence-corrected chi connectivity index (χ3v) is 2.55. The highest BCUT2D eigenvalue weighted by Gasteiger charge is 2.19. The molecular weight excluding hydrogens is 254 g/mol. The van der Waals surface area contributed by atoms with Gasteiger partial charge in [0.05, 0.1) is 6.54 Å². The molecule has 0 spiro atoms. The van der Waals surface area contributed by atoms with E-state index in [-0.39, 0.29) is 5.69 Å². The van der Waals surface area contributed by atoms with Crippen LogP contribution in [0.1, 0.15) is 10.5 Å². The van der Waals surface area contributed by atoms with Gasteiger partial charge in [-0.2, -0.15) is 0 Å². The van der Waals surface area contributed by atoms with Crippen LogP contribution in [0.5, 0.6) is 0 Å². The molecule has 100 valence electrons. The Bertz CT molecular complexity index is 555. The van der Waals surface area contributed by atoms with E-state index in [0.717, 1.165) is 10.5 Å². The van der Waals surface area contributed by atoms with E-state index in [4.69, 9.17) is 4.52 Å². The Morgan fingerprint density at radius 2 is 2.05 bits per heavy atom. The van der Waals surface area contributed by atoms with Crippen LogP contribution in [0.4, 0.5) is 8.78 Å². The Kier molecular flexibility index (Phi) is 3.89. The van der Waals surface area contributed by atoms with E-state index in [0.29, 0.717) is 5.76 Å². The molecule has 0 aliphatic carbocycles. The Morgan fingerprint density at radius 1 is 1.37 bits per heavy atom. The van der Waals surface area contributed by atoms with Crippen molar-refractivity contribution in [3.63, 3.8) is 0 Å². The van der Waals surface area contributed by atoms with Gasteiger partial charge in [-0.15, -0.1) is 0 Å². The van der Waals surface area contributed by atoms with Gasteiger partial charge in [-0.3, -0.25) is 4.79 Å². The summed E-state index contributed by atoms with van der Waals surface area (Å²) in [5.74, 6) is -0.166. The monoisotopic (exact) mass is 266 g/mol. The zero-order chi connectivity index (χ0) is 13.8. The summed E-state index contributed by atoms with van der Waals surface area (Å²) >= 11 is 0. The number of halogens is 2. The summed E-state index contributed by atoms with van der Waals surface area (Å²) in [6, 6.07) is 10.5. The van der Waals surface area contributed by atoms with Crippen molar-refractivity contribution in [1.82, 2.24) is 10.1 Å². The number of alkyl halides is 2. The molecule has 2 rings (SSSR count). The highest BCUT2D eigenvalue weighted by molar-refractivity contribution is 5.92. The maximum Gasteiger partial charge on any atom is 0.275 e. The molecule has 0 aliphatic heterocycles. The molecule has 4 nitrogen and oxygen atoms in total. The van der Waals surface area contributed by atoms with Gasteiger partial charge in [-0.05, 0) is 0 Å². The molecular formula is C13H12F2N2O2. The van der Waals surface area contributed by atoms with Gasteiger partial charge >= 0.3 is 0 Å². The SMILES string of the molecule is CN(CC(F)F)C(=O)c1cc(-c2ccccc2)on1. The van der Waals surface area contributed by atoms with Crippen LogP contribution in [0.2, 0.25) is 0 Å². The Hall–Kier alpha value is -2.24. The number of hydrogen-bond donors (Lipinski definition) is 0. The minimum Gasteiger partial charge on any atom is -0.355 e. The first kappa shape index (κ1) is 13.2. The fourth-order valence-corrected chi connectivity index (χ4v) is 1.60. The number of nitrogens with zero attached hydrogens (tertiary/aromatic N) is 2. The maximum atomic E-state index is 12.2. The van der Waals surface area contributed by atoms with Gasteiger partial charge in [0.15, 0.2) is 11.5 Å². The van der Waals surface area contributed by atoms with Crippen molar-refractivity contribution in [3.8, 4) is 11.3 Å². The number of aromatic nitrogens is 1. The van der Waals surface area contributed by atoms with Crippen molar-refractivity contribution in [3.05, 3.63) is 42.1 Å². The molecule has 6 heteroatoms. The van der Waals surface area contributed by atoms with Gasteiger partial charge in [-0.1, -0.05) is 35.5 Å². The number of carbonyl (C=O) groups excluding carboxylic acids is 1. The summed E-state index contributed by atoms with van der Waals surface area (Å²) in [6.07, 6.45) is -2.57. The molecule has 1 aromatic heterocycles. The lowest BCUT2D eigenvalue weighted by Crippen LogP contribution is -2.31. The van der Waals surface area contributed by atoms with Gasteiger partial charge < -0.3 is 9.42 Å². The second kappa shape index (κ2) is 5.60. The second-order valence-corrected chi connectivity index (χ2v) is 4.02. The topological polar surface area (TPSA) is 46.3 Å². The zero-order valence-electron chi connectivity index (χ0n) is 10.2. The molecule has 19 heavy (non-hydrogen) atoms. The minimum absolute atomic E-state index is 0.0157. The molecule has 0 unspecified atom stereocenters. The van der Waals surface area contributed by atoms with Crippen molar-refractivity contribution in [2.45, 2.75) is 6.43 Å². The van der Waals surface area contributed by atoms with E-state index in [1.807, 2.05) is 18.2 Å². The highest BCUT2D eigenvalue weighted by atomic mass is 19.3. The van der Waals surface area contributed by atoms with Crippen molar-refractivity contribution in [2.24, 2.45) is 0 Å². The second-order valence-electron chi connectivity index (χ2n) is 4.02. The maximum absolute atomic E-state index is 12.2. The Labute approximate surface area is 108 Å². The lowest BCUT2D eigenvalue weighted by atomic mass is 10.1. The van der Waals surface area contributed by atoms with Crippen LogP contribution in [-0.2, 0) is 0 Å². The van der Waals surface area contributed by atoms with Gasteiger partial charge in [-0.25, -0.2) is 8.78 Å². The molecule has 1 amide bonds. The molecule has 0 atom stereocenters. The molecule has 0 bridgehead atoms. The molecule has 0 aliphatic rings. The standard InChI is InChI=1S/C13H12F2N2O2/c1-17(8-12(14)15)13(18)10-7-11(19-16-10)9-5-3-2-4-6-9/h2-7,12H,8H2,1H3. The number of benzene rings is 1. The summed E-state index contributed by atoms with van der Waals surface area (Å²) in [5.41, 5.74) is 0.785. The van der Waals surface area contributed by atoms with Crippen LogP contribution < -0.4 is 0 Å². The minimum atomic E-state index is -2.57. The Morgan fingerprint density at radius 3 is 2.68 bits per heavy atom. The van der Waals surface area contributed by atoms with E-state index < -0.39 is 18.9 Å². The first-order valence-electron chi connectivity index (χ1n) is 5.63. The first-order chi connectivity index (χ1) is 9.08. The van der Waals surface area contributed by atoms with Gasteiger partial charge in [0.25, 0.3) is 12.3 Å². The van der Waals surface area contributed by atoms with Crippen LogP contribution in [-0.4, -0.2) is 36.0 Å². The fourth-order valence-electron chi connectivity index (χ4n) is 1.60. The number of amides is 1. The molecule has 0 saturated carbocycles. The normalized spacial score (nSPS) is 10.7. The van der Waals surface area contributed by atoms with Crippen LogP contribution in [0.25, 0.3) is 11.3 Å². The molecule has 1 aromatic carbocycles. The van der Waals surface area contributed by atoms with Crippen LogP contribution in [0.3, 0.4) is 0 Å². The lowest BCUT2D eigenvalue weighted by Gasteiger charge is -2.14. The van der Waals surface area contributed by atoms with Crippen molar-refractivity contribution >= 4 is 5.91 Å². The van der Waals surface area contributed by atoms with Crippen LogP contribution in [0.15, 0.2) is 40.9 Å². The molecule has 0 fully saturated rings. The predicted octanol–water partition coefficient (Wildman–Crippen LogP) is 2.68. The van der Waals surface area contributed by atoms with E-state index in [1.165, 1.54) is 13.1 Å². The number of hydrogen-bond acceptors (Lipinski definition) is 3. The quantitative estimate of drug-likeness (QED) is 0.854. The fraction of sp³-hybridized carbons (Fsp3) is 0.231. The van der Waals surface area contributed by atoms with E-state index >= 15 is 0 Å². The van der Waals surface area contributed by atoms with E-state index in [9.17, 15) is 13.6 Å². The summed E-state index contributed by atoms with van der Waals surface area (Å²) in [6.45, 7) is -0.633. The third kappa shape index (κ3) is 3.15. The average molecular weight is 266 g/mol. The van der Waals surface area contributed by atoms with Crippen molar-refractivity contribution in [1.29, 1.82) is 0 Å². The smallest absolute Gasteiger partial charge is 0.275 e. The highest BCUT2D eigenvalue weighted by Crippen LogP contribution is 2.20. The average Bonchev–Trinajstić information content (AvgIpc) is 2.87. The molecule has 0 radical (unpaired) electrons. The number of rotatable bonds is 4. The first-order valence-corrected chi connectivity index (χ1v) is 5.63. The molecule has 2 aromatic rings. The van der Waals surface area contributed by atoms with Crippen LogP contribution >= 0.6 is 0 Å². The van der Waals surface area contributed by atoms with Crippen LogP contribution in [0, 0.1) is 0 Å². The van der Waals surface area contributed by atoms with Gasteiger partial charge in [0.1, 0.15) is 0 Å². The number of carbonyl (C=O) groups is 1. The summed E-state index contributed by atoms with van der Waals surface area (Å²) < 4.78 is 29.4. The van der Waals surface area contributed by atoms with Gasteiger partial charge in [0.2, 0.25) is 0 Å². The van der Waals surface area contributed by atoms with E-state index in [2.05, 4.69) is 5.16 Å². The van der Waals surface area contributed by atoms with E-state index in [1.54, 1.807) is 12.1 Å².